The average Bonchev–Trinajstić information content (AvgIpc) is 2.47. The van der Waals surface area contributed by atoms with E-state index in [9.17, 15) is 13.6 Å². The van der Waals surface area contributed by atoms with Crippen molar-refractivity contribution in [3.63, 3.8) is 0 Å². The molecule has 0 heterocycles. The maximum Gasteiger partial charge on any atom is 0.175 e. The predicted octanol–water partition coefficient (Wildman–Crippen LogP) is 3.94. The van der Waals surface area contributed by atoms with Gasteiger partial charge in [0.2, 0.25) is 0 Å². The van der Waals surface area contributed by atoms with Crippen molar-refractivity contribution in [2.45, 2.75) is 19.8 Å². The lowest BCUT2D eigenvalue weighted by atomic mass is 9.99. The summed E-state index contributed by atoms with van der Waals surface area (Å²) in [5.41, 5.74) is 1.99. The van der Waals surface area contributed by atoms with Crippen molar-refractivity contribution in [3.8, 4) is 5.75 Å². The number of allylic oxidation sites excluding steroid dienone is 2. The first kappa shape index (κ1) is 14.4. The minimum atomic E-state index is -0.665. The Bertz CT molecular complexity index is 574. The van der Waals surface area contributed by atoms with Gasteiger partial charge in [-0.05, 0) is 42.5 Å². The number of halogens is 2. The third kappa shape index (κ3) is 2.95. The van der Waals surface area contributed by atoms with Crippen LogP contribution in [-0.4, -0.2) is 19.6 Å². The molecule has 0 radical (unpaired) electrons. The Kier molecular flexibility index (Phi) is 4.66. The van der Waals surface area contributed by atoms with E-state index < -0.39 is 12.5 Å². The molecule has 0 saturated carbocycles. The number of alkyl halides is 1. The van der Waals surface area contributed by atoms with Gasteiger partial charge in [-0.25, -0.2) is 8.78 Å². The molecule has 4 heteroatoms. The minimum absolute atomic E-state index is 0.00128. The number of hydrogen-bond acceptors (Lipinski definition) is 2. The third-order valence-corrected chi connectivity index (χ3v) is 3.41. The highest BCUT2D eigenvalue weighted by Crippen LogP contribution is 2.25. The number of benzene rings is 1. The number of ether oxygens (including phenoxy) is 1. The first-order valence-corrected chi connectivity index (χ1v) is 6.48. The van der Waals surface area contributed by atoms with Gasteiger partial charge in [0.15, 0.2) is 17.9 Å². The Hall–Kier alpha value is -1.97. The number of carbonyl (C=O) groups is 1. The highest BCUT2D eigenvalue weighted by molar-refractivity contribution is 5.78. The van der Waals surface area contributed by atoms with Crippen LogP contribution in [0.25, 0.3) is 0 Å². The number of aryl methyl sites for hydroxylation is 1. The summed E-state index contributed by atoms with van der Waals surface area (Å²) in [5, 5.41) is 0. The number of carbonyl (C=O) groups excluding carboxylic acids is 1. The molecule has 0 unspecified atom stereocenters. The van der Waals surface area contributed by atoms with Crippen molar-refractivity contribution in [3.05, 3.63) is 52.4 Å². The Balaban J connectivity index is 2.17. The Morgan fingerprint density at radius 1 is 1.40 bits per heavy atom. The van der Waals surface area contributed by atoms with E-state index in [1.807, 2.05) is 12.2 Å². The molecule has 0 N–H and O–H groups in total. The predicted molar refractivity (Wildman–Crippen MR) is 73.4 cm³/mol. The van der Waals surface area contributed by atoms with Gasteiger partial charge in [-0.2, -0.15) is 0 Å². The zero-order chi connectivity index (χ0) is 14.5. The van der Waals surface area contributed by atoms with Crippen LogP contribution in [0.5, 0.6) is 5.75 Å². The van der Waals surface area contributed by atoms with Crippen molar-refractivity contribution in [2.24, 2.45) is 0 Å². The van der Waals surface area contributed by atoms with Crippen LogP contribution in [0, 0.1) is 12.7 Å². The zero-order valence-corrected chi connectivity index (χ0v) is 11.3. The summed E-state index contributed by atoms with van der Waals surface area (Å²) >= 11 is 0. The molecule has 0 aliphatic heterocycles. The van der Waals surface area contributed by atoms with Crippen LogP contribution >= 0.6 is 0 Å². The SMILES string of the molecule is Cc1ccc(OCC2=C(CF)CCC=C2)c(F)c1C=O. The molecule has 0 saturated heterocycles. The van der Waals surface area contributed by atoms with Crippen LogP contribution in [0.1, 0.15) is 28.8 Å². The van der Waals surface area contributed by atoms with Gasteiger partial charge >= 0.3 is 0 Å². The molecule has 106 valence electrons. The highest BCUT2D eigenvalue weighted by Gasteiger charge is 2.14. The summed E-state index contributed by atoms with van der Waals surface area (Å²) < 4.78 is 32.2. The number of aldehydes is 1. The summed E-state index contributed by atoms with van der Waals surface area (Å²) in [6, 6.07) is 3.11. The van der Waals surface area contributed by atoms with Gasteiger partial charge in [-0.1, -0.05) is 18.2 Å². The van der Waals surface area contributed by atoms with Crippen LogP contribution in [0.2, 0.25) is 0 Å². The molecule has 0 atom stereocenters. The van der Waals surface area contributed by atoms with Crippen molar-refractivity contribution < 1.29 is 18.3 Å². The monoisotopic (exact) mass is 278 g/mol. The zero-order valence-electron chi connectivity index (χ0n) is 11.3. The maximum atomic E-state index is 14.0. The maximum absolute atomic E-state index is 14.0. The van der Waals surface area contributed by atoms with E-state index in [1.54, 1.807) is 13.0 Å². The quantitative estimate of drug-likeness (QED) is 0.762. The lowest BCUT2D eigenvalue weighted by Crippen LogP contribution is -2.08. The van der Waals surface area contributed by atoms with Crippen molar-refractivity contribution in [1.82, 2.24) is 0 Å². The molecule has 2 rings (SSSR count). The second-order valence-electron chi connectivity index (χ2n) is 4.72. The van der Waals surface area contributed by atoms with E-state index in [0.29, 0.717) is 23.8 Å². The second-order valence-corrected chi connectivity index (χ2v) is 4.72. The lowest BCUT2D eigenvalue weighted by Gasteiger charge is -2.15. The molecule has 0 amide bonds. The van der Waals surface area contributed by atoms with Crippen molar-refractivity contribution in [2.75, 3.05) is 13.3 Å². The van der Waals surface area contributed by atoms with Crippen molar-refractivity contribution in [1.29, 1.82) is 0 Å². The molecule has 1 aliphatic rings. The minimum Gasteiger partial charge on any atom is -0.486 e. The summed E-state index contributed by atoms with van der Waals surface area (Å²) in [4.78, 5) is 10.8. The number of hydrogen-bond donors (Lipinski definition) is 0. The van der Waals surface area contributed by atoms with Crippen LogP contribution in [0.4, 0.5) is 8.78 Å². The van der Waals surface area contributed by atoms with E-state index >= 15 is 0 Å². The molecule has 1 aromatic rings. The van der Waals surface area contributed by atoms with Crippen molar-refractivity contribution >= 4 is 6.29 Å². The molecule has 2 nitrogen and oxygen atoms in total. The fourth-order valence-electron chi connectivity index (χ4n) is 2.15. The Morgan fingerprint density at radius 2 is 2.20 bits per heavy atom. The summed E-state index contributed by atoms with van der Waals surface area (Å²) in [6.07, 6.45) is 5.72. The highest BCUT2D eigenvalue weighted by atomic mass is 19.1. The molecular weight excluding hydrogens is 262 g/mol. The second kappa shape index (κ2) is 6.46. The van der Waals surface area contributed by atoms with Gasteiger partial charge in [-0.3, -0.25) is 4.79 Å². The van der Waals surface area contributed by atoms with E-state index in [2.05, 4.69) is 0 Å². The summed E-state index contributed by atoms with van der Waals surface area (Å²) in [6.45, 7) is 1.25. The average molecular weight is 278 g/mol. The molecule has 0 fully saturated rings. The summed E-state index contributed by atoms with van der Waals surface area (Å²) in [5.74, 6) is -0.649. The molecule has 0 spiro atoms. The van der Waals surface area contributed by atoms with Gasteiger partial charge in [0, 0.05) is 0 Å². The van der Waals surface area contributed by atoms with Crippen LogP contribution in [0.3, 0.4) is 0 Å². The largest absolute Gasteiger partial charge is 0.486 e. The number of rotatable bonds is 5. The van der Waals surface area contributed by atoms with E-state index in [4.69, 9.17) is 4.74 Å². The Labute approximate surface area is 116 Å². The molecule has 1 aromatic carbocycles. The first-order valence-electron chi connectivity index (χ1n) is 6.48. The van der Waals surface area contributed by atoms with E-state index in [1.165, 1.54) is 6.07 Å². The fraction of sp³-hybridized carbons (Fsp3) is 0.312. The van der Waals surface area contributed by atoms with Crippen LogP contribution in [-0.2, 0) is 0 Å². The standard InChI is InChI=1S/C16H16F2O2/c1-11-6-7-15(16(18)14(11)9-19)20-10-13-5-3-2-4-12(13)8-17/h3,5-7,9H,2,4,8,10H2,1H3. The first-order chi connectivity index (χ1) is 9.67. The molecule has 1 aliphatic carbocycles. The molecule has 20 heavy (non-hydrogen) atoms. The van der Waals surface area contributed by atoms with Crippen LogP contribution in [0.15, 0.2) is 35.4 Å². The van der Waals surface area contributed by atoms with Gasteiger partial charge in [-0.15, -0.1) is 0 Å². The van der Waals surface area contributed by atoms with Gasteiger partial charge in [0.05, 0.1) is 5.56 Å². The van der Waals surface area contributed by atoms with Gasteiger partial charge in [0.25, 0.3) is 0 Å². The fourth-order valence-corrected chi connectivity index (χ4v) is 2.15. The molecule has 0 bridgehead atoms. The normalized spacial score (nSPS) is 14.6. The topological polar surface area (TPSA) is 26.3 Å². The molecule has 0 aromatic heterocycles. The smallest absolute Gasteiger partial charge is 0.175 e. The lowest BCUT2D eigenvalue weighted by molar-refractivity contribution is 0.111. The van der Waals surface area contributed by atoms with E-state index in [0.717, 1.165) is 12.0 Å². The van der Waals surface area contributed by atoms with E-state index in [-0.39, 0.29) is 17.9 Å². The Morgan fingerprint density at radius 3 is 2.90 bits per heavy atom. The molecular formula is C16H16F2O2. The van der Waals surface area contributed by atoms with Crippen LogP contribution < -0.4 is 4.74 Å². The van der Waals surface area contributed by atoms with Gasteiger partial charge < -0.3 is 4.74 Å². The third-order valence-electron chi connectivity index (χ3n) is 3.41. The van der Waals surface area contributed by atoms with Gasteiger partial charge in [0.1, 0.15) is 13.3 Å². The summed E-state index contributed by atoms with van der Waals surface area (Å²) in [7, 11) is 0.